The predicted octanol–water partition coefficient (Wildman–Crippen LogP) is 7.84. The molecule has 3 N–H and O–H groups in total. The number of aromatic nitrogens is 2. The predicted molar refractivity (Wildman–Crippen MR) is 195 cm³/mol. The molecule has 0 spiro atoms. The minimum Gasteiger partial charge on any atom is -0.494 e. The van der Waals surface area contributed by atoms with E-state index in [4.69, 9.17) is 9.84 Å². The molecule has 1 unspecified atom stereocenters. The van der Waals surface area contributed by atoms with E-state index < -0.39 is 12.0 Å². The summed E-state index contributed by atoms with van der Waals surface area (Å²) < 4.78 is 5.89. The van der Waals surface area contributed by atoms with Crippen molar-refractivity contribution in [1.29, 1.82) is 0 Å². The number of carboxylic acids is 1. The highest BCUT2D eigenvalue weighted by Crippen LogP contribution is 2.29. The van der Waals surface area contributed by atoms with Crippen molar-refractivity contribution in [2.45, 2.75) is 90.5 Å². The minimum absolute atomic E-state index is 0.0485. The zero-order valence-electron chi connectivity index (χ0n) is 29.0. The Hall–Kier alpha value is -4.57. The van der Waals surface area contributed by atoms with Gasteiger partial charge in [-0.15, -0.1) is 11.3 Å². The van der Waals surface area contributed by atoms with Crippen molar-refractivity contribution >= 4 is 29.1 Å². The Kier molecular flexibility index (Phi) is 13.9. The van der Waals surface area contributed by atoms with Crippen LogP contribution in [0.3, 0.4) is 0 Å². The average molecular weight is 685 g/mol. The van der Waals surface area contributed by atoms with Gasteiger partial charge in [0, 0.05) is 47.8 Å². The molecule has 2 amide bonds. The average Bonchev–Trinajstić information content (AvgIpc) is 3.60. The van der Waals surface area contributed by atoms with E-state index >= 15 is 0 Å². The Labute approximate surface area is 293 Å². The Bertz CT molecular complexity index is 1640. The van der Waals surface area contributed by atoms with Gasteiger partial charge in [-0.3, -0.25) is 14.4 Å². The number of nitrogens with zero attached hydrogens (tertiary/aromatic N) is 2. The highest BCUT2D eigenvalue weighted by atomic mass is 32.1. The summed E-state index contributed by atoms with van der Waals surface area (Å²) in [6.45, 7) is 9.40. The van der Waals surface area contributed by atoms with Gasteiger partial charge in [0.2, 0.25) is 5.91 Å². The maximum absolute atomic E-state index is 13.2. The fourth-order valence-corrected chi connectivity index (χ4v) is 6.13. The molecule has 0 aliphatic rings. The van der Waals surface area contributed by atoms with Gasteiger partial charge in [0.25, 0.3) is 5.91 Å². The van der Waals surface area contributed by atoms with Crippen molar-refractivity contribution in [2.75, 3.05) is 13.2 Å². The molecule has 0 radical (unpaired) electrons. The molecular formula is C39H48N4O5S. The molecule has 0 saturated heterocycles. The van der Waals surface area contributed by atoms with Crippen molar-refractivity contribution in [3.8, 4) is 28.3 Å². The van der Waals surface area contributed by atoms with Gasteiger partial charge in [-0.1, -0.05) is 89.8 Å². The summed E-state index contributed by atoms with van der Waals surface area (Å²) in [5.74, 6) is -0.178. The van der Waals surface area contributed by atoms with E-state index in [2.05, 4.69) is 48.3 Å². The normalized spacial score (nSPS) is 11.9. The molecule has 9 nitrogen and oxygen atoms in total. The SMILES string of the molecule is CCCCCCCOc1ccc(-c2cnc(-c3ccc(CC(NC(=O)c4ccc(C(C)(C)C)s4)C(=O)NCCCC(=O)O)cc3)nc2)cc1. The van der Waals surface area contributed by atoms with Gasteiger partial charge < -0.3 is 20.5 Å². The van der Waals surface area contributed by atoms with Crippen LogP contribution in [0.4, 0.5) is 0 Å². The number of unbranched alkanes of at least 4 members (excludes halogenated alkanes) is 4. The van der Waals surface area contributed by atoms with E-state index in [9.17, 15) is 14.4 Å². The minimum atomic E-state index is -0.923. The first-order valence-corrected chi connectivity index (χ1v) is 17.9. The number of amides is 2. The smallest absolute Gasteiger partial charge is 0.303 e. The summed E-state index contributed by atoms with van der Waals surface area (Å²) in [7, 11) is 0. The topological polar surface area (TPSA) is 131 Å². The largest absolute Gasteiger partial charge is 0.494 e. The zero-order chi connectivity index (χ0) is 35.2. The van der Waals surface area contributed by atoms with Gasteiger partial charge in [-0.25, -0.2) is 9.97 Å². The molecule has 10 heteroatoms. The quantitative estimate of drug-likeness (QED) is 0.0911. The van der Waals surface area contributed by atoms with Crippen molar-refractivity contribution < 1.29 is 24.2 Å². The van der Waals surface area contributed by atoms with Crippen LogP contribution in [-0.4, -0.2) is 52.1 Å². The summed E-state index contributed by atoms with van der Waals surface area (Å²) in [5.41, 5.74) is 3.48. The van der Waals surface area contributed by atoms with E-state index in [-0.39, 0.29) is 36.6 Å². The molecule has 0 saturated carbocycles. The first-order chi connectivity index (χ1) is 23.5. The number of rotatable bonds is 18. The lowest BCUT2D eigenvalue weighted by Crippen LogP contribution is -2.48. The molecule has 49 heavy (non-hydrogen) atoms. The van der Waals surface area contributed by atoms with E-state index in [1.165, 1.54) is 37.0 Å². The maximum atomic E-state index is 13.2. The second-order valence-electron chi connectivity index (χ2n) is 13.2. The van der Waals surface area contributed by atoms with Gasteiger partial charge in [-0.05, 0) is 53.6 Å². The lowest BCUT2D eigenvalue weighted by atomic mass is 9.95. The molecule has 260 valence electrons. The summed E-state index contributed by atoms with van der Waals surface area (Å²) >= 11 is 1.41. The van der Waals surface area contributed by atoms with Crippen molar-refractivity contribution in [3.63, 3.8) is 0 Å². The van der Waals surface area contributed by atoms with Crippen LogP contribution in [0.5, 0.6) is 5.75 Å². The van der Waals surface area contributed by atoms with Gasteiger partial charge in [0.15, 0.2) is 5.82 Å². The molecule has 4 rings (SSSR count). The van der Waals surface area contributed by atoms with E-state index in [1.54, 1.807) is 18.5 Å². The number of ether oxygens (including phenoxy) is 1. The highest BCUT2D eigenvalue weighted by molar-refractivity contribution is 7.14. The molecule has 0 aliphatic carbocycles. The van der Waals surface area contributed by atoms with Gasteiger partial charge in [0.1, 0.15) is 11.8 Å². The number of hydrogen-bond acceptors (Lipinski definition) is 7. The Morgan fingerprint density at radius 2 is 1.51 bits per heavy atom. The van der Waals surface area contributed by atoms with E-state index in [0.29, 0.717) is 17.1 Å². The first kappa shape index (κ1) is 37.3. The lowest BCUT2D eigenvalue weighted by Gasteiger charge is -2.19. The summed E-state index contributed by atoms with van der Waals surface area (Å²) in [6, 6.07) is 18.4. The van der Waals surface area contributed by atoms with Crippen LogP contribution in [0.15, 0.2) is 73.1 Å². The Morgan fingerprint density at radius 3 is 2.14 bits per heavy atom. The Balaban J connectivity index is 1.38. The third kappa shape index (κ3) is 11.8. The standard InChI is InChI=1S/C39H48N4O5S/c1-5-6-7-8-9-23-48-31-18-16-28(17-19-31)30-25-41-36(42-26-30)29-14-12-27(13-15-29)24-32(37(46)40-22-10-11-35(44)45)43-38(47)33-20-21-34(49-33)39(2,3)4/h12-21,25-26,32H,5-11,22-24H2,1-4H3,(H,40,46)(H,43,47)(H,44,45). The number of benzene rings is 2. The molecule has 1 atom stereocenters. The third-order valence-corrected chi connectivity index (χ3v) is 9.58. The van der Waals surface area contributed by atoms with Gasteiger partial charge in [0.05, 0.1) is 11.5 Å². The lowest BCUT2D eigenvalue weighted by molar-refractivity contribution is -0.137. The van der Waals surface area contributed by atoms with Gasteiger partial charge in [-0.2, -0.15) is 0 Å². The van der Waals surface area contributed by atoms with Crippen molar-refractivity contribution in [3.05, 3.63) is 88.4 Å². The van der Waals surface area contributed by atoms with Crippen LogP contribution in [0.25, 0.3) is 22.5 Å². The summed E-state index contributed by atoms with van der Waals surface area (Å²) in [5, 5.41) is 14.6. The van der Waals surface area contributed by atoms with Crippen LogP contribution in [0.1, 0.15) is 92.8 Å². The second kappa shape index (κ2) is 18.3. The monoisotopic (exact) mass is 684 g/mol. The molecule has 2 aromatic carbocycles. The second-order valence-corrected chi connectivity index (χ2v) is 14.3. The van der Waals surface area contributed by atoms with Crippen LogP contribution in [0.2, 0.25) is 0 Å². The number of carbonyl (C=O) groups is 3. The number of hydrogen-bond donors (Lipinski definition) is 3. The molecule has 2 aromatic heterocycles. The number of aliphatic carboxylic acids is 1. The Morgan fingerprint density at radius 1 is 0.837 bits per heavy atom. The fraction of sp³-hybridized carbons (Fsp3) is 0.410. The van der Waals surface area contributed by atoms with Crippen LogP contribution < -0.4 is 15.4 Å². The van der Waals surface area contributed by atoms with Crippen molar-refractivity contribution in [2.24, 2.45) is 0 Å². The molecule has 0 aliphatic heterocycles. The van der Waals surface area contributed by atoms with Crippen LogP contribution in [-0.2, 0) is 21.4 Å². The number of carboxylic acid groups (broad SMARTS) is 1. The number of nitrogens with one attached hydrogen (secondary N) is 2. The summed E-state index contributed by atoms with van der Waals surface area (Å²) in [4.78, 5) is 48.1. The highest BCUT2D eigenvalue weighted by Gasteiger charge is 2.24. The van der Waals surface area contributed by atoms with Crippen LogP contribution in [0, 0.1) is 0 Å². The first-order valence-electron chi connectivity index (χ1n) is 17.1. The number of carbonyl (C=O) groups excluding carboxylic acids is 2. The molecule has 0 fully saturated rings. The molecule has 2 heterocycles. The molecular weight excluding hydrogens is 637 g/mol. The van der Waals surface area contributed by atoms with E-state index in [1.807, 2.05) is 54.6 Å². The van der Waals surface area contributed by atoms with Gasteiger partial charge >= 0.3 is 5.97 Å². The zero-order valence-corrected chi connectivity index (χ0v) is 29.8. The molecule has 0 bridgehead atoms. The third-order valence-electron chi connectivity index (χ3n) is 8.07. The molecule has 4 aromatic rings. The number of thiophene rings is 1. The fourth-order valence-electron chi connectivity index (χ4n) is 5.17. The van der Waals surface area contributed by atoms with Crippen molar-refractivity contribution in [1.82, 2.24) is 20.6 Å². The summed E-state index contributed by atoms with van der Waals surface area (Å²) in [6.07, 6.45) is 10.1. The van der Waals surface area contributed by atoms with Crippen LogP contribution >= 0.6 is 11.3 Å². The maximum Gasteiger partial charge on any atom is 0.303 e. The van der Waals surface area contributed by atoms with E-state index in [0.717, 1.165) is 45.9 Å².